The van der Waals surface area contributed by atoms with Crippen molar-refractivity contribution in [1.82, 2.24) is 9.97 Å². The van der Waals surface area contributed by atoms with E-state index in [2.05, 4.69) is 26.7 Å². The highest BCUT2D eigenvalue weighted by atomic mass is 32.1. The van der Waals surface area contributed by atoms with E-state index >= 15 is 0 Å². The fourth-order valence-corrected chi connectivity index (χ4v) is 3.61. The minimum absolute atomic E-state index is 0.134. The number of amides is 2. The second-order valence-corrected chi connectivity index (χ2v) is 7.33. The molecule has 0 radical (unpaired) electrons. The van der Waals surface area contributed by atoms with Gasteiger partial charge in [-0.15, -0.1) is 11.3 Å². The summed E-state index contributed by atoms with van der Waals surface area (Å²) in [6.45, 7) is 6.31. The van der Waals surface area contributed by atoms with Crippen molar-refractivity contribution in [2.75, 3.05) is 28.6 Å². The Labute approximate surface area is 161 Å². The number of fused-ring (bicyclic) bond motifs is 1. The number of carbonyl (C=O) groups excluding carboxylic acids is 2. The summed E-state index contributed by atoms with van der Waals surface area (Å²) in [5, 5.41) is 6.54. The number of nitrogens with one attached hydrogen (secondary N) is 2. The van der Waals surface area contributed by atoms with Crippen LogP contribution in [0.2, 0.25) is 0 Å². The summed E-state index contributed by atoms with van der Waals surface area (Å²) in [7, 11) is 0. The molecular formula is C19H21N5O2S. The first kappa shape index (κ1) is 18.8. The van der Waals surface area contributed by atoms with Crippen LogP contribution < -0.4 is 15.5 Å². The summed E-state index contributed by atoms with van der Waals surface area (Å²) in [4.78, 5) is 36.3. The number of nitrogens with zero attached hydrogens (tertiary/aromatic N) is 3. The maximum Gasteiger partial charge on any atom is 0.243 e. The Bertz CT molecular complexity index is 968. The molecule has 0 saturated heterocycles. The molecule has 0 bridgehead atoms. The Hall–Kier alpha value is -3.00. The third-order valence-corrected chi connectivity index (χ3v) is 4.89. The molecule has 2 heterocycles. The van der Waals surface area contributed by atoms with Gasteiger partial charge in [0.1, 0.15) is 17.0 Å². The van der Waals surface area contributed by atoms with Gasteiger partial charge in [0.2, 0.25) is 11.8 Å². The number of aryl methyl sites for hydroxylation is 1. The highest BCUT2D eigenvalue weighted by Gasteiger charge is 2.16. The number of likely N-dealkylation sites (N-methyl/N-ethyl adjacent to an activating group) is 1. The number of hydrogen-bond acceptors (Lipinski definition) is 6. The van der Waals surface area contributed by atoms with E-state index in [0.717, 1.165) is 20.9 Å². The van der Waals surface area contributed by atoms with Crippen LogP contribution in [0.5, 0.6) is 0 Å². The molecule has 0 aliphatic carbocycles. The molecule has 0 aliphatic rings. The van der Waals surface area contributed by atoms with Crippen LogP contribution in [0, 0.1) is 6.92 Å². The van der Waals surface area contributed by atoms with Crippen molar-refractivity contribution in [2.24, 2.45) is 0 Å². The SMILES string of the molecule is CCN(CC(=O)Nc1ccc(NC(C)=O)cc1)c1ncnc2sc(C)cc12. The molecule has 3 aromatic rings. The zero-order valence-corrected chi connectivity index (χ0v) is 16.3. The third kappa shape index (κ3) is 4.59. The third-order valence-electron chi connectivity index (χ3n) is 3.94. The second-order valence-electron chi connectivity index (χ2n) is 6.09. The Balaban J connectivity index is 1.70. The zero-order valence-electron chi connectivity index (χ0n) is 15.4. The van der Waals surface area contributed by atoms with Crippen molar-refractivity contribution < 1.29 is 9.59 Å². The van der Waals surface area contributed by atoms with E-state index in [0.29, 0.717) is 17.9 Å². The Morgan fingerprint density at radius 3 is 2.41 bits per heavy atom. The predicted molar refractivity (Wildman–Crippen MR) is 109 cm³/mol. The Kier molecular flexibility index (Phi) is 5.66. The Morgan fingerprint density at radius 2 is 1.78 bits per heavy atom. The lowest BCUT2D eigenvalue weighted by atomic mass is 10.2. The maximum atomic E-state index is 12.5. The number of aromatic nitrogens is 2. The van der Waals surface area contributed by atoms with E-state index in [1.807, 2.05) is 18.7 Å². The van der Waals surface area contributed by atoms with E-state index < -0.39 is 0 Å². The van der Waals surface area contributed by atoms with Gasteiger partial charge < -0.3 is 15.5 Å². The molecule has 2 amide bonds. The molecule has 0 atom stereocenters. The van der Waals surface area contributed by atoms with Crippen LogP contribution in [0.4, 0.5) is 17.2 Å². The molecule has 7 nitrogen and oxygen atoms in total. The number of benzene rings is 1. The molecule has 0 saturated carbocycles. The van der Waals surface area contributed by atoms with Crippen LogP contribution in [0.3, 0.4) is 0 Å². The van der Waals surface area contributed by atoms with Gasteiger partial charge >= 0.3 is 0 Å². The van der Waals surface area contributed by atoms with Crippen molar-refractivity contribution in [1.29, 1.82) is 0 Å². The second kappa shape index (κ2) is 8.13. The molecule has 2 aromatic heterocycles. The fourth-order valence-electron chi connectivity index (χ4n) is 2.77. The lowest BCUT2D eigenvalue weighted by Crippen LogP contribution is -2.33. The monoisotopic (exact) mass is 383 g/mol. The highest BCUT2D eigenvalue weighted by molar-refractivity contribution is 7.18. The molecule has 27 heavy (non-hydrogen) atoms. The van der Waals surface area contributed by atoms with Gasteiger partial charge in [-0.25, -0.2) is 9.97 Å². The van der Waals surface area contributed by atoms with E-state index in [1.165, 1.54) is 13.3 Å². The number of carbonyl (C=O) groups is 2. The van der Waals surface area contributed by atoms with Gasteiger partial charge in [-0.3, -0.25) is 9.59 Å². The topological polar surface area (TPSA) is 87.2 Å². The Morgan fingerprint density at radius 1 is 1.11 bits per heavy atom. The van der Waals surface area contributed by atoms with Crippen LogP contribution in [0.1, 0.15) is 18.7 Å². The van der Waals surface area contributed by atoms with Crippen LogP contribution >= 0.6 is 11.3 Å². The molecule has 0 unspecified atom stereocenters. The van der Waals surface area contributed by atoms with Gasteiger partial charge in [0.05, 0.1) is 11.9 Å². The van der Waals surface area contributed by atoms with Gasteiger partial charge in [-0.05, 0) is 44.2 Å². The van der Waals surface area contributed by atoms with E-state index in [-0.39, 0.29) is 18.4 Å². The molecule has 0 aliphatic heterocycles. The standard InChI is InChI=1S/C19H21N5O2S/c1-4-24(18-16-9-12(2)27-19(16)21-11-20-18)10-17(26)23-15-7-5-14(6-8-15)22-13(3)25/h5-9,11H,4,10H2,1-3H3,(H,22,25)(H,23,26). The van der Waals surface area contributed by atoms with Gasteiger partial charge in [0.15, 0.2) is 0 Å². The van der Waals surface area contributed by atoms with Crippen molar-refractivity contribution in [3.8, 4) is 0 Å². The van der Waals surface area contributed by atoms with Crippen molar-refractivity contribution >= 4 is 50.6 Å². The summed E-state index contributed by atoms with van der Waals surface area (Å²) in [5.41, 5.74) is 1.36. The number of thiophene rings is 1. The van der Waals surface area contributed by atoms with E-state index in [4.69, 9.17) is 0 Å². The summed E-state index contributed by atoms with van der Waals surface area (Å²) in [6, 6.07) is 9.05. The summed E-state index contributed by atoms with van der Waals surface area (Å²) >= 11 is 1.61. The van der Waals surface area contributed by atoms with Gasteiger partial charge in [-0.1, -0.05) is 0 Å². The normalized spacial score (nSPS) is 10.6. The molecule has 1 aromatic carbocycles. The maximum absolute atomic E-state index is 12.5. The minimum atomic E-state index is -0.136. The lowest BCUT2D eigenvalue weighted by molar-refractivity contribution is -0.115. The van der Waals surface area contributed by atoms with Crippen LogP contribution in [-0.2, 0) is 9.59 Å². The summed E-state index contributed by atoms with van der Waals surface area (Å²) < 4.78 is 0. The first-order chi connectivity index (χ1) is 13.0. The zero-order chi connectivity index (χ0) is 19.4. The molecule has 0 fully saturated rings. The lowest BCUT2D eigenvalue weighted by Gasteiger charge is -2.21. The van der Waals surface area contributed by atoms with Crippen molar-refractivity contribution in [3.05, 3.63) is 41.5 Å². The minimum Gasteiger partial charge on any atom is -0.347 e. The smallest absolute Gasteiger partial charge is 0.243 e. The number of anilines is 3. The molecular weight excluding hydrogens is 362 g/mol. The predicted octanol–water partition coefficient (Wildman–Crippen LogP) is 3.42. The average molecular weight is 383 g/mol. The summed E-state index contributed by atoms with van der Waals surface area (Å²) in [6.07, 6.45) is 1.54. The quantitative estimate of drug-likeness (QED) is 0.681. The van der Waals surface area contributed by atoms with Crippen LogP contribution in [0.25, 0.3) is 10.2 Å². The van der Waals surface area contributed by atoms with E-state index in [1.54, 1.807) is 35.6 Å². The fraction of sp³-hybridized carbons (Fsp3) is 0.263. The molecule has 0 spiro atoms. The van der Waals surface area contributed by atoms with E-state index in [9.17, 15) is 9.59 Å². The van der Waals surface area contributed by atoms with Gasteiger partial charge in [0.25, 0.3) is 0 Å². The van der Waals surface area contributed by atoms with Crippen LogP contribution in [0.15, 0.2) is 36.7 Å². The molecule has 140 valence electrons. The first-order valence-electron chi connectivity index (χ1n) is 8.60. The van der Waals surface area contributed by atoms with Crippen molar-refractivity contribution in [3.63, 3.8) is 0 Å². The first-order valence-corrected chi connectivity index (χ1v) is 9.41. The molecule has 8 heteroatoms. The largest absolute Gasteiger partial charge is 0.347 e. The van der Waals surface area contributed by atoms with Gasteiger partial charge in [-0.2, -0.15) is 0 Å². The van der Waals surface area contributed by atoms with Crippen molar-refractivity contribution in [2.45, 2.75) is 20.8 Å². The van der Waals surface area contributed by atoms with Gasteiger partial charge in [0, 0.05) is 29.7 Å². The molecule has 3 rings (SSSR count). The summed E-state index contributed by atoms with van der Waals surface area (Å²) in [5.74, 6) is 0.496. The van der Waals surface area contributed by atoms with Crippen LogP contribution in [-0.4, -0.2) is 34.9 Å². The number of rotatable bonds is 6. The number of hydrogen-bond donors (Lipinski definition) is 2. The molecule has 2 N–H and O–H groups in total. The highest BCUT2D eigenvalue weighted by Crippen LogP contribution is 2.29. The average Bonchev–Trinajstić information content (AvgIpc) is 3.01.